The zero-order valence-corrected chi connectivity index (χ0v) is 17.9. The lowest BCUT2D eigenvalue weighted by atomic mass is 10.0. The number of imide groups is 1. The van der Waals surface area contributed by atoms with Crippen molar-refractivity contribution >= 4 is 40.4 Å². The number of hydrogen-bond acceptors (Lipinski definition) is 5. The van der Waals surface area contributed by atoms with E-state index in [9.17, 15) is 18.8 Å². The summed E-state index contributed by atoms with van der Waals surface area (Å²) >= 11 is 0. The Hall–Kier alpha value is -4.46. The van der Waals surface area contributed by atoms with Crippen LogP contribution in [0.15, 0.2) is 78.5 Å². The van der Waals surface area contributed by atoms with E-state index in [0.717, 1.165) is 4.90 Å². The summed E-state index contributed by atoms with van der Waals surface area (Å²) in [6.07, 6.45) is 0. The third-order valence-corrected chi connectivity index (χ3v) is 5.02. The maximum absolute atomic E-state index is 13.4. The Kier molecular flexibility index (Phi) is 5.91. The predicted octanol–water partition coefficient (Wildman–Crippen LogP) is 4.19. The van der Waals surface area contributed by atoms with Gasteiger partial charge in [-0.25, -0.2) is 9.29 Å². The third-order valence-electron chi connectivity index (χ3n) is 5.02. The third kappa shape index (κ3) is 4.45. The maximum atomic E-state index is 13.4. The number of anilines is 3. The minimum atomic E-state index is -0.566. The Morgan fingerprint density at radius 1 is 0.848 bits per heavy atom. The molecule has 3 amide bonds. The molecule has 0 aliphatic carbocycles. The molecule has 0 spiro atoms. The number of methoxy groups -OCH3 is 1. The highest BCUT2D eigenvalue weighted by atomic mass is 19.1. The van der Waals surface area contributed by atoms with Crippen LogP contribution in [-0.2, 0) is 14.4 Å². The average Bonchev–Trinajstić information content (AvgIpc) is 3.04. The lowest BCUT2D eigenvalue weighted by Gasteiger charge is -2.15. The molecular formula is C25H20FN3O4. The first-order chi connectivity index (χ1) is 15.9. The molecule has 33 heavy (non-hydrogen) atoms. The van der Waals surface area contributed by atoms with E-state index < -0.39 is 17.6 Å². The van der Waals surface area contributed by atoms with Gasteiger partial charge in [0, 0.05) is 18.3 Å². The van der Waals surface area contributed by atoms with E-state index >= 15 is 0 Å². The number of carbonyl (C=O) groups excluding carboxylic acids is 3. The van der Waals surface area contributed by atoms with Crippen molar-refractivity contribution in [3.63, 3.8) is 0 Å². The van der Waals surface area contributed by atoms with Crippen LogP contribution in [0.25, 0.3) is 5.57 Å². The fraction of sp³-hybridized carbons (Fsp3) is 0.0800. The minimum absolute atomic E-state index is 0.0850. The van der Waals surface area contributed by atoms with Gasteiger partial charge in [-0.15, -0.1) is 0 Å². The minimum Gasteiger partial charge on any atom is -0.497 e. The first-order valence-electron chi connectivity index (χ1n) is 10.0. The first kappa shape index (κ1) is 21.8. The molecule has 0 saturated heterocycles. The fourth-order valence-corrected chi connectivity index (χ4v) is 3.48. The molecule has 8 heteroatoms. The number of amides is 3. The summed E-state index contributed by atoms with van der Waals surface area (Å²) in [5.41, 5.74) is 2.13. The van der Waals surface area contributed by atoms with Gasteiger partial charge >= 0.3 is 0 Å². The van der Waals surface area contributed by atoms with Crippen molar-refractivity contribution in [3.8, 4) is 5.75 Å². The number of benzene rings is 3. The Morgan fingerprint density at radius 3 is 2.03 bits per heavy atom. The van der Waals surface area contributed by atoms with Gasteiger partial charge in [0.25, 0.3) is 11.8 Å². The van der Waals surface area contributed by atoms with Crippen molar-refractivity contribution in [1.29, 1.82) is 0 Å². The van der Waals surface area contributed by atoms with Crippen LogP contribution in [0.1, 0.15) is 12.5 Å². The van der Waals surface area contributed by atoms with Crippen LogP contribution < -0.4 is 20.3 Å². The van der Waals surface area contributed by atoms with Crippen LogP contribution >= 0.6 is 0 Å². The molecule has 0 saturated carbocycles. The first-order valence-corrected chi connectivity index (χ1v) is 10.0. The molecule has 1 aliphatic rings. The normalized spacial score (nSPS) is 13.4. The Labute approximate surface area is 189 Å². The van der Waals surface area contributed by atoms with Gasteiger partial charge in [0.1, 0.15) is 17.3 Å². The van der Waals surface area contributed by atoms with E-state index in [1.807, 2.05) is 0 Å². The van der Waals surface area contributed by atoms with Crippen molar-refractivity contribution in [2.24, 2.45) is 0 Å². The monoisotopic (exact) mass is 445 g/mol. The van der Waals surface area contributed by atoms with Crippen molar-refractivity contribution in [2.75, 3.05) is 22.6 Å². The van der Waals surface area contributed by atoms with Gasteiger partial charge in [-0.1, -0.05) is 12.1 Å². The zero-order chi connectivity index (χ0) is 23.5. The van der Waals surface area contributed by atoms with Gasteiger partial charge in [0.05, 0.1) is 18.4 Å². The quantitative estimate of drug-likeness (QED) is 0.556. The molecule has 0 fully saturated rings. The second kappa shape index (κ2) is 8.96. The Bertz CT molecular complexity index is 1250. The van der Waals surface area contributed by atoms with Crippen LogP contribution in [0, 0.1) is 5.82 Å². The zero-order valence-electron chi connectivity index (χ0n) is 17.9. The summed E-state index contributed by atoms with van der Waals surface area (Å²) < 4.78 is 18.6. The summed E-state index contributed by atoms with van der Waals surface area (Å²) in [5.74, 6) is -1.17. The Morgan fingerprint density at radius 2 is 1.45 bits per heavy atom. The maximum Gasteiger partial charge on any atom is 0.282 e. The van der Waals surface area contributed by atoms with Crippen molar-refractivity contribution in [1.82, 2.24) is 0 Å². The molecule has 0 atom stereocenters. The number of rotatable bonds is 6. The highest BCUT2D eigenvalue weighted by Gasteiger charge is 2.40. The Balaban J connectivity index is 1.76. The van der Waals surface area contributed by atoms with Gasteiger partial charge in [-0.3, -0.25) is 14.4 Å². The van der Waals surface area contributed by atoms with Crippen LogP contribution in [0.2, 0.25) is 0 Å². The molecule has 1 heterocycles. The second-order valence-electron chi connectivity index (χ2n) is 7.28. The van der Waals surface area contributed by atoms with Crippen LogP contribution in [-0.4, -0.2) is 24.8 Å². The van der Waals surface area contributed by atoms with E-state index in [2.05, 4.69) is 10.6 Å². The largest absolute Gasteiger partial charge is 0.497 e. The van der Waals surface area contributed by atoms with Gasteiger partial charge in [0.15, 0.2) is 0 Å². The molecule has 2 N–H and O–H groups in total. The standard InChI is InChI=1S/C25H20FN3O4/c1-15(30)27-18-7-3-16(4-8-18)22-23(28-19-9-13-21(33-2)14-10-19)25(32)29(24(22)31)20-11-5-17(26)6-12-20/h3-14,28H,1-2H3,(H,27,30). The van der Waals surface area contributed by atoms with Gasteiger partial charge < -0.3 is 15.4 Å². The van der Waals surface area contributed by atoms with Crippen LogP contribution in [0.5, 0.6) is 5.75 Å². The molecule has 0 unspecified atom stereocenters. The fourth-order valence-electron chi connectivity index (χ4n) is 3.48. The summed E-state index contributed by atoms with van der Waals surface area (Å²) in [4.78, 5) is 39.0. The molecule has 3 aromatic carbocycles. The summed E-state index contributed by atoms with van der Waals surface area (Å²) in [6, 6.07) is 18.6. The molecule has 4 rings (SSSR count). The van der Waals surface area contributed by atoms with Gasteiger partial charge in [0.2, 0.25) is 5.91 Å². The molecule has 7 nitrogen and oxygen atoms in total. The molecule has 0 radical (unpaired) electrons. The van der Waals surface area contributed by atoms with E-state index in [1.54, 1.807) is 55.6 Å². The summed E-state index contributed by atoms with van der Waals surface area (Å²) in [5, 5.41) is 5.71. The second-order valence-corrected chi connectivity index (χ2v) is 7.28. The summed E-state index contributed by atoms with van der Waals surface area (Å²) in [6.45, 7) is 1.40. The lowest BCUT2D eigenvalue weighted by molar-refractivity contribution is -0.120. The highest BCUT2D eigenvalue weighted by molar-refractivity contribution is 6.46. The summed E-state index contributed by atoms with van der Waals surface area (Å²) in [7, 11) is 1.55. The van der Waals surface area contributed by atoms with Crippen molar-refractivity contribution < 1.29 is 23.5 Å². The van der Waals surface area contributed by atoms with E-state index in [-0.39, 0.29) is 22.9 Å². The number of nitrogens with zero attached hydrogens (tertiary/aromatic N) is 1. The number of halogens is 1. The van der Waals surface area contributed by atoms with Crippen LogP contribution in [0.4, 0.5) is 21.5 Å². The smallest absolute Gasteiger partial charge is 0.282 e. The van der Waals surface area contributed by atoms with Gasteiger partial charge in [-0.05, 0) is 66.2 Å². The number of hydrogen-bond donors (Lipinski definition) is 2. The van der Waals surface area contributed by atoms with Crippen molar-refractivity contribution in [2.45, 2.75) is 6.92 Å². The number of nitrogens with one attached hydrogen (secondary N) is 2. The molecule has 166 valence electrons. The molecule has 1 aliphatic heterocycles. The van der Waals surface area contributed by atoms with E-state index in [1.165, 1.54) is 31.2 Å². The molecule has 3 aromatic rings. The molecular weight excluding hydrogens is 425 g/mol. The van der Waals surface area contributed by atoms with Gasteiger partial charge in [-0.2, -0.15) is 0 Å². The topological polar surface area (TPSA) is 87.7 Å². The number of carbonyl (C=O) groups is 3. The highest BCUT2D eigenvalue weighted by Crippen LogP contribution is 2.34. The van der Waals surface area contributed by atoms with E-state index in [4.69, 9.17) is 4.74 Å². The predicted molar refractivity (Wildman–Crippen MR) is 123 cm³/mol. The molecule has 0 aromatic heterocycles. The molecule has 0 bridgehead atoms. The lowest BCUT2D eigenvalue weighted by Crippen LogP contribution is -2.32. The SMILES string of the molecule is COc1ccc(NC2=C(c3ccc(NC(C)=O)cc3)C(=O)N(c3ccc(F)cc3)C2=O)cc1. The van der Waals surface area contributed by atoms with Crippen molar-refractivity contribution in [3.05, 3.63) is 89.9 Å². The average molecular weight is 445 g/mol. The van der Waals surface area contributed by atoms with E-state index in [0.29, 0.717) is 22.7 Å². The number of ether oxygens (including phenoxy) is 1. The van der Waals surface area contributed by atoms with Crippen LogP contribution in [0.3, 0.4) is 0 Å².